The maximum atomic E-state index is 11.1. The molecule has 130 valence electrons. The molecule has 0 atom stereocenters. The third kappa shape index (κ3) is 2.75. The van der Waals surface area contributed by atoms with Crippen LogP contribution in [-0.4, -0.2) is 29.9 Å². The van der Waals surface area contributed by atoms with Crippen LogP contribution in [0.15, 0.2) is 35.7 Å². The Morgan fingerprint density at radius 1 is 1.31 bits per heavy atom. The fraction of sp³-hybridized carbons (Fsp3) is 0.125. The monoisotopic (exact) mass is 367 g/mol. The molecule has 1 aromatic carbocycles. The summed E-state index contributed by atoms with van der Waals surface area (Å²) in [6.45, 7) is 1.99. The van der Waals surface area contributed by atoms with Gasteiger partial charge in [0.05, 0.1) is 16.3 Å². The van der Waals surface area contributed by atoms with E-state index < -0.39 is 4.92 Å². The number of aryl methyl sites for hydroxylation is 1. The van der Waals surface area contributed by atoms with E-state index in [4.69, 9.17) is 5.73 Å². The van der Waals surface area contributed by atoms with Crippen molar-refractivity contribution < 1.29 is 4.92 Å². The zero-order chi connectivity index (χ0) is 18.3. The Kier molecular flexibility index (Phi) is 3.81. The quantitative estimate of drug-likeness (QED) is 0.434. The third-order valence-electron chi connectivity index (χ3n) is 3.94. The molecular weight excluding hydrogens is 354 g/mol. The van der Waals surface area contributed by atoms with Gasteiger partial charge in [-0.1, -0.05) is 23.4 Å². The van der Waals surface area contributed by atoms with Gasteiger partial charge in [0.25, 0.3) is 5.69 Å². The first-order valence-electron chi connectivity index (χ1n) is 7.67. The number of thiophene rings is 1. The zero-order valence-electron chi connectivity index (χ0n) is 13.7. The molecule has 2 N–H and O–H groups in total. The highest BCUT2D eigenvalue weighted by atomic mass is 32.1. The number of rotatable bonds is 4. The van der Waals surface area contributed by atoms with Gasteiger partial charge in [0.1, 0.15) is 5.69 Å². The van der Waals surface area contributed by atoms with Gasteiger partial charge in [-0.15, -0.1) is 16.4 Å². The van der Waals surface area contributed by atoms with Crippen LogP contribution in [0.3, 0.4) is 0 Å². The van der Waals surface area contributed by atoms with Crippen molar-refractivity contribution in [3.63, 3.8) is 0 Å². The Labute approximate surface area is 151 Å². The highest BCUT2D eigenvalue weighted by Crippen LogP contribution is 2.29. The maximum Gasteiger partial charge on any atom is 0.272 e. The summed E-state index contributed by atoms with van der Waals surface area (Å²) in [4.78, 5) is 20.2. The van der Waals surface area contributed by atoms with Crippen LogP contribution in [0.2, 0.25) is 0 Å². The van der Waals surface area contributed by atoms with Crippen LogP contribution < -0.4 is 5.73 Å². The molecule has 4 rings (SSSR count). The number of benzene rings is 1. The van der Waals surface area contributed by atoms with Gasteiger partial charge in [0.15, 0.2) is 11.2 Å². The average Bonchev–Trinajstić information content (AvgIpc) is 3.26. The first kappa shape index (κ1) is 16.1. The van der Waals surface area contributed by atoms with Crippen molar-refractivity contribution in [3.8, 4) is 10.6 Å². The number of aromatic nitrogens is 5. The molecule has 3 aromatic heterocycles. The van der Waals surface area contributed by atoms with Gasteiger partial charge >= 0.3 is 0 Å². The van der Waals surface area contributed by atoms with Crippen LogP contribution >= 0.6 is 11.3 Å². The summed E-state index contributed by atoms with van der Waals surface area (Å²) >= 11 is 1.52. The molecule has 0 bridgehead atoms. The van der Waals surface area contributed by atoms with Crippen molar-refractivity contribution in [3.05, 3.63) is 57.0 Å². The zero-order valence-corrected chi connectivity index (χ0v) is 14.5. The first-order valence-corrected chi connectivity index (χ1v) is 8.55. The minimum atomic E-state index is -0.396. The molecule has 0 fully saturated rings. The van der Waals surface area contributed by atoms with Crippen LogP contribution in [-0.2, 0) is 6.54 Å². The molecule has 0 aliphatic rings. The lowest BCUT2D eigenvalue weighted by Crippen LogP contribution is -2.05. The van der Waals surface area contributed by atoms with Gasteiger partial charge in [-0.05, 0) is 23.9 Å². The van der Waals surface area contributed by atoms with Gasteiger partial charge in [-0.3, -0.25) is 10.1 Å². The summed E-state index contributed by atoms with van der Waals surface area (Å²) in [6.07, 6.45) is 0. The van der Waals surface area contributed by atoms with Gasteiger partial charge in [-0.25, -0.2) is 9.67 Å². The maximum absolute atomic E-state index is 11.1. The van der Waals surface area contributed by atoms with Gasteiger partial charge in [-0.2, -0.15) is 4.98 Å². The van der Waals surface area contributed by atoms with E-state index in [-0.39, 0.29) is 18.2 Å². The minimum absolute atomic E-state index is 0.0698. The molecule has 0 aliphatic carbocycles. The molecule has 0 amide bonds. The second-order valence-electron chi connectivity index (χ2n) is 5.70. The molecule has 3 heterocycles. The van der Waals surface area contributed by atoms with Gasteiger partial charge in [0.2, 0.25) is 5.95 Å². The normalized spacial score (nSPS) is 11.1. The van der Waals surface area contributed by atoms with E-state index in [2.05, 4.69) is 20.3 Å². The molecule has 9 nitrogen and oxygen atoms in total. The van der Waals surface area contributed by atoms with E-state index in [1.807, 2.05) is 23.6 Å². The van der Waals surface area contributed by atoms with Crippen molar-refractivity contribution >= 4 is 34.1 Å². The Balaban J connectivity index is 1.79. The number of fused-ring (bicyclic) bond motifs is 1. The van der Waals surface area contributed by atoms with E-state index in [0.29, 0.717) is 22.4 Å². The minimum Gasteiger partial charge on any atom is -0.368 e. The summed E-state index contributed by atoms with van der Waals surface area (Å²) in [5.74, 6) is 0.124. The number of nitrogen functional groups attached to an aromatic ring is 1. The summed E-state index contributed by atoms with van der Waals surface area (Å²) in [7, 11) is 0. The Morgan fingerprint density at radius 2 is 2.15 bits per heavy atom. The number of nitro groups is 1. The van der Waals surface area contributed by atoms with E-state index in [9.17, 15) is 10.1 Å². The molecule has 0 spiro atoms. The van der Waals surface area contributed by atoms with E-state index in [1.54, 1.807) is 17.7 Å². The number of hydrogen-bond acceptors (Lipinski definition) is 8. The lowest BCUT2D eigenvalue weighted by Gasteiger charge is -2.05. The second-order valence-corrected chi connectivity index (χ2v) is 6.65. The van der Waals surface area contributed by atoms with Crippen LogP contribution in [0.4, 0.5) is 11.6 Å². The molecule has 10 heteroatoms. The highest BCUT2D eigenvalue weighted by Gasteiger charge is 2.17. The number of hydrogen-bond donors (Lipinski definition) is 1. The van der Waals surface area contributed by atoms with Crippen molar-refractivity contribution in [2.45, 2.75) is 13.5 Å². The summed E-state index contributed by atoms with van der Waals surface area (Å²) in [5.41, 5.74) is 8.92. The van der Waals surface area contributed by atoms with Crippen molar-refractivity contribution in [2.75, 3.05) is 5.73 Å². The van der Waals surface area contributed by atoms with Crippen LogP contribution in [0.25, 0.3) is 21.7 Å². The van der Waals surface area contributed by atoms with E-state index >= 15 is 0 Å². The summed E-state index contributed by atoms with van der Waals surface area (Å²) in [6, 6.07) is 8.91. The molecule has 4 aromatic rings. The fourth-order valence-electron chi connectivity index (χ4n) is 2.69. The second kappa shape index (κ2) is 6.15. The Bertz CT molecular complexity index is 1120. The molecular formula is C16H13N7O2S. The van der Waals surface area contributed by atoms with Crippen LogP contribution in [0.1, 0.15) is 11.1 Å². The first-order chi connectivity index (χ1) is 12.5. The third-order valence-corrected chi connectivity index (χ3v) is 4.81. The topological polar surface area (TPSA) is 126 Å². The lowest BCUT2D eigenvalue weighted by atomic mass is 10.1. The highest BCUT2D eigenvalue weighted by molar-refractivity contribution is 7.13. The number of nitrogens with two attached hydrogens (primary N) is 1. The lowest BCUT2D eigenvalue weighted by molar-refractivity contribution is -0.385. The number of anilines is 1. The number of nitrogens with zero attached hydrogens (tertiary/aromatic N) is 6. The van der Waals surface area contributed by atoms with Crippen molar-refractivity contribution in [1.29, 1.82) is 0 Å². The largest absolute Gasteiger partial charge is 0.368 e. The van der Waals surface area contributed by atoms with E-state index in [0.717, 1.165) is 10.4 Å². The molecule has 0 saturated heterocycles. The van der Waals surface area contributed by atoms with Crippen molar-refractivity contribution in [2.24, 2.45) is 0 Å². The van der Waals surface area contributed by atoms with Gasteiger partial charge in [0, 0.05) is 11.6 Å². The predicted molar refractivity (Wildman–Crippen MR) is 97.8 cm³/mol. The Morgan fingerprint density at radius 3 is 2.88 bits per heavy atom. The van der Waals surface area contributed by atoms with Crippen LogP contribution in [0, 0.1) is 17.0 Å². The predicted octanol–water partition coefficient (Wildman–Crippen LogP) is 2.80. The van der Waals surface area contributed by atoms with Crippen LogP contribution in [0.5, 0.6) is 0 Å². The number of nitro benzene ring substituents is 1. The fourth-order valence-corrected chi connectivity index (χ4v) is 3.40. The Hall–Kier alpha value is -3.40. The van der Waals surface area contributed by atoms with Gasteiger partial charge < -0.3 is 5.73 Å². The smallest absolute Gasteiger partial charge is 0.272 e. The van der Waals surface area contributed by atoms with Crippen molar-refractivity contribution in [1.82, 2.24) is 25.0 Å². The SMILES string of the molecule is Cc1ccc(Cn2nnc3c(-c4cccs4)nc(N)nc32)cc1[N+](=O)[O-]. The molecule has 0 radical (unpaired) electrons. The average molecular weight is 367 g/mol. The molecule has 0 saturated carbocycles. The molecule has 0 unspecified atom stereocenters. The molecule has 26 heavy (non-hydrogen) atoms. The summed E-state index contributed by atoms with van der Waals surface area (Å²) in [5, 5.41) is 21.4. The standard InChI is InChI=1S/C16H13N7O2S/c1-9-4-5-10(7-11(9)23(24)25)8-22-15-14(20-21-22)13(18-16(17)19-15)12-3-2-6-26-12/h2-7H,8H2,1H3,(H2,17,18,19). The van der Waals surface area contributed by atoms with E-state index in [1.165, 1.54) is 17.4 Å². The summed E-state index contributed by atoms with van der Waals surface area (Å²) < 4.78 is 1.57. The molecule has 0 aliphatic heterocycles.